The van der Waals surface area contributed by atoms with Crippen LogP contribution in [0.2, 0.25) is 0 Å². The Balaban J connectivity index is 2.11. The molecule has 2 aliphatic rings. The van der Waals surface area contributed by atoms with Crippen molar-refractivity contribution in [3.63, 3.8) is 0 Å². The van der Waals surface area contributed by atoms with Crippen molar-refractivity contribution in [1.82, 2.24) is 0 Å². The molecule has 0 heterocycles. The highest BCUT2D eigenvalue weighted by Crippen LogP contribution is 2.67. The lowest BCUT2D eigenvalue weighted by Gasteiger charge is -2.22. The first-order chi connectivity index (χ1) is 5.03. The standard InChI is InChI=1S/C11H20/c1-7-5-8(2)10-9(6-7)11(10,3)4/h7-10H,5-6H2,1-4H3. The maximum atomic E-state index is 2.46. The SMILES string of the molecule is CC1CC(C)C2C(C1)C2(C)C. The third kappa shape index (κ3) is 0.947. The first-order valence-corrected chi connectivity index (χ1v) is 5.03. The Morgan fingerprint density at radius 2 is 1.73 bits per heavy atom. The lowest BCUT2D eigenvalue weighted by Crippen LogP contribution is -2.12. The van der Waals surface area contributed by atoms with E-state index in [1.54, 1.807) is 0 Å². The molecular weight excluding hydrogens is 132 g/mol. The number of hydrogen-bond donors (Lipinski definition) is 0. The molecule has 0 aromatic carbocycles. The largest absolute Gasteiger partial charge is 0.0625 e. The van der Waals surface area contributed by atoms with Gasteiger partial charge in [-0.3, -0.25) is 0 Å². The molecule has 2 aliphatic carbocycles. The van der Waals surface area contributed by atoms with Crippen molar-refractivity contribution in [3.8, 4) is 0 Å². The molecule has 2 fully saturated rings. The van der Waals surface area contributed by atoms with E-state index in [0.29, 0.717) is 5.41 Å². The molecule has 0 saturated heterocycles. The first kappa shape index (κ1) is 7.64. The molecule has 4 unspecified atom stereocenters. The smallest absolute Gasteiger partial charge is 0.0289 e. The number of hydrogen-bond acceptors (Lipinski definition) is 0. The van der Waals surface area contributed by atoms with Gasteiger partial charge in [-0.2, -0.15) is 0 Å². The van der Waals surface area contributed by atoms with Crippen molar-refractivity contribution in [2.24, 2.45) is 29.1 Å². The van der Waals surface area contributed by atoms with E-state index in [1.165, 1.54) is 12.8 Å². The predicted molar refractivity (Wildman–Crippen MR) is 48.3 cm³/mol. The van der Waals surface area contributed by atoms with Crippen LogP contribution in [0.3, 0.4) is 0 Å². The van der Waals surface area contributed by atoms with Crippen LogP contribution in [-0.4, -0.2) is 0 Å². The molecule has 2 rings (SSSR count). The lowest BCUT2D eigenvalue weighted by molar-refractivity contribution is 0.282. The third-order valence-corrected chi connectivity index (χ3v) is 4.18. The molecule has 0 radical (unpaired) electrons. The molecule has 0 N–H and O–H groups in total. The van der Waals surface area contributed by atoms with Crippen LogP contribution in [0.15, 0.2) is 0 Å². The fourth-order valence-electron chi connectivity index (χ4n) is 3.68. The second-order valence-electron chi connectivity index (χ2n) is 5.51. The topological polar surface area (TPSA) is 0 Å². The Morgan fingerprint density at radius 3 is 2.27 bits per heavy atom. The molecule has 0 amide bonds. The summed E-state index contributed by atoms with van der Waals surface area (Å²) in [5.74, 6) is 4.13. The molecule has 0 spiro atoms. The normalized spacial score (nSPS) is 53.5. The monoisotopic (exact) mass is 152 g/mol. The molecule has 11 heavy (non-hydrogen) atoms. The summed E-state index contributed by atoms with van der Waals surface area (Å²) in [5.41, 5.74) is 0.699. The molecule has 2 saturated carbocycles. The van der Waals surface area contributed by atoms with Gasteiger partial charge in [0.05, 0.1) is 0 Å². The summed E-state index contributed by atoms with van der Waals surface area (Å²) in [6.45, 7) is 9.77. The van der Waals surface area contributed by atoms with Crippen LogP contribution in [0, 0.1) is 29.1 Å². The Hall–Kier alpha value is 0. The van der Waals surface area contributed by atoms with Gasteiger partial charge in [-0.1, -0.05) is 27.7 Å². The quantitative estimate of drug-likeness (QED) is 0.499. The van der Waals surface area contributed by atoms with Crippen LogP contribution < -0.4 is 0 Å². The van der Waals surface area contributed by atoms with Crippen molar-refractivity contribution in [1.29, 1.82) is 0 Å². The van der Waals surface area contributed by atoms with Crippen LogP contribution >= 0.6 is 0 Å². The molecule has 0 bridgehead atoms. The summed E-state index contributed by atoms with van der Waals surface area (Å²) in [7, 11) is 0. The second-order valence-corrected chi connectivity index (χ2v) is 5.51. The summed E-state index contributed by atoms with van der Waals surface area (Å²) in [6.07, 6.45) is 2.98. The van der Waals surface area contributed by atoms with E-state index in [-0.39, 0.29) is 0 Å². The Labute approximate surface area is 70.4 Å². The van der Waals surface area contributed by atoms with Crippen molar-refractivity contribution >= 4 is 0 Å². The van der Waals surface area contributed by atoms with Gasteiger partial charge in [-0.05, 0) is 41.9 Å². The van der Waals surface area contributed by atoms with Crippen LogP contribution in [0.25, 0.3) is 0 Å². The molecule has 0 heteroatoms. The average molecular weight is 152 g/mol. The van der Waals surface area contributed by atoms with Gasteiger partial charge in [0.25, 0.3) is 0 Å². The summed E-state index contributed by atoms with van der Waals surface area (Å²) >= 11 is 0. The Kier molecular flexibility index (Phi) is 1.41. The van der Waals surface area contributed by atoms with Gasteiger partial charge < -0.3 is 0 Å². The van der Waals surface area contributed by atoms with E-state index in [0.717, 1.165) is 23.7 Å². The fourth-order valence-corrected chi connectivity index (χ4v) is 3.68. The van der Waals surface area contributed by atoms with E-state index in [9.17, 15) is 0 Å². The van der Waals surface area contributed by atoms with Crippen LogP contribution in [-0.2, 0) is 0 Å². The molecular formula is C11H20. The summed E-state index contributed by atoms with van der Waals surface area (Å²) in [6, 6.07) is 0. The summed E-state index contributed by atoms with van der Waals surface area (Å²) in [4.78, 5) is 0. The van der Waals surface area contributed by atoms with Gasteiger partial charge in [0.2, 0.25) is 0 Å². The molecule has 4 atom stereocenters. The Morgan fingerprint density at radius 1 is 1.09 bits per heavy atom. The molecule has 64 valence electrons. The average Bonchev–Trinajstić information content (AvgIpc) is 2.34. The van der Waals surface area contributed by atoms with Gasteiger partial charge in [0.1, 0.15) is 0 Å². The van der Waals surface area contributed by atoms with Gasteiger partial charge >= 0.3 is 0 Å². The van der Waals surface area contributed by atoms with E-state index in [1.807, 2.05) is 0 Å². The van der Waals surface area contributed by atoms with Crippen LogP contribution in [0.1, 0.15) is 40.5 Å². The fraction of sp³-hybridized carbons (Fsp3) is 1.00. The second kappa shape index (κ2) is 2.02. The maximum Gasteiger partial charge on any atom is -0.0289 e. The molecule has 0 aromatic rings. The minimum absolute atomic E-state index is 0.699. The number of fused-ring (bicyclic) bond motifs is 1. The van der Waals surface area contributed by atoms with Crippen molar-refractivity contribution in [3.05, 3.63) is 0 Å². The zero-order valence-electron chi connectivity index (χ0n) is 8.22. The molecule has 0 aromatic heterocycles. The van der Waals surface area contributed by atoms with Crippen LogP contribution in [0.5, 0.6) is 0 Å². The van der Waals surface area contributed by atoms with Gasteiger partial charge in [-0.15, -0.1) is 0 Å². The van der Waals surface area contributed by atoms with Crippen molar-refractivity contribution in [2.45, 2.75) is 40.5 Å². The van der Waals surface area contributed by atoms with E-state index >= 15 is 0 Å². The zero-order chi connectivity index (χ0) is 8.22. The summed E-state index contributed by atoms with van der Waals surface area (Å²) < 4.78 is 0. The van der Waals surface area contributed by atoms with Crippen molar-refractivity contribution in [2.75, 3.05) is 0 Å². The van der Waals surface area contributed by atoms with Gasteiger partial charge in [-0.25, -0.2) is 0 Å². The van der Waals surface area contributed by atoms with Gasteiger partial charge in [0, 0.05) is 0 Å². The molecule has 0 aliphatic heterocycles. The first-order valence-electron chi connectivity index (χ1n) is 5.03. The number of rotatable bonds is 0. The maximum absolute atomic E-state index is 2.46. The lowest BCUT2D eigenvalue weighted by atomic mass is 9.84. The van der Waals surface area contributed by atoms with Crippen molar-refractivity contribution < 1.29 is 0 Å². The minimum Gasteiger partial charge on any atom is -0.0625 e. The predicted octanol–water partition coefficient (Wildman–Crippen LogP) is 3.32. The van der Waals surface area contributed by atoms with Crippen LogP contribution in [0.4, 0.5) is 0 Å². The van der Waals surface area contributed by atoms with E-state index in [2.05, 4.69) is 27.7 Å². The van der Waals surface area contributed by atoms with E-state index in [4.69, 9.17) is 0 Å². The highest BCUT2D eigenvalue weighted by molar-refractivity contribution is 5.09. The molecule has 0 nitrogen and oxygen atoms in total. The van der Waals surface area contributed by atoms with Gasteiger partial charge in [0.15, 0.2) is 0 Å². The minimum atomic E-state index is 0.699. The zero-order valence-corrected chi connectivity index (χ0v) is 8.22. The third-order valence-electron chi connectivity index (χ3n) is 4.18. The summed E-state index contributed by atoms with van der Waals surface area (Å²) in [5, 5.41) is 0. The highest BCUT2D eigenvalue weighted by atomic mass is 14.7. The van der Waals surface area contributed by atoms with E-state index < -0.39 is 0 Å². The Bertz CT molecular complexity index is 169. The highest BCUT2D eigenvalue weighted by Gasteiger charge is 2.61.